The highest BCUT2D eigenvalue weighted by Gasteiger charge is 2.36. The Labute approximate surface area is 167 Å². The van der Waals surface area contributed by atoms with Gasteiger partial charge in [0, 0.05) is 5.54 Å². The normalized spacial score (nSPS) is 14.6. The summed E-state index contributed by atoms with van der Waals surface area (Å²) in [7, 11) is 0. The van der Waals surface area contributed by atoms with E-state index >= 15 is 0 Å². The Morgan fingerprint density at radius 1 is 1.14 bits per heavy atom. The number of nitrogens with one attached hydrogen (secondary N) is 1. The minimum atomic E-state index is -1.01. The third kappa shape index (κ3) is 4.37. The van der Waals surface area contributed by atoms with Crippen LogP contribution in [-0.2, 0) is 16.1 Å². The first-order valence-corrected chi connectivity index (χ1v) is 9.12. The number of carbonyl (C=O) groups excluding carboxylic acids is 4. The summed E-state index contributed by atoms with van der Waals surface area (Å²) in [6, 6.07) is 7.45. The van der Waals surface area contributed by atoms with E-state index in [1.165, 1.54) is 31.4 Å². The Kier molecular flexibility index (Phi) is 5.28. The van der Waals surface area contributed by atoms with Crippen molar-refractivity contribution in [3.05, 3.63) is 59.0 Å². The fourth-order valence-corrected chi connectivity index (χ4v) is 2.87. The zero-order valence-corrected chi connectivity index (χ0v) is 16.6. The van der Waals surface area contributed by atoms with Crippen molar-refractivity contribution >= 4 is 23.7 Å². The van der Waals surface area contributed by atoms with Gasteiger partial charge in [-0.25, -0.2) is 4.79 Å². The van der Waals surface area contributed by atoms with Gasteiger partial charge in [-0.15, -0.1) is 0 Å². The Balaban J connectivity index is 1.74. The third-order valence-electron chi connectivity index (χ3n) is 4.25. The van der Waals surface area contributed by atoms with Crippen LogP contribution in [0.3, 0.4) is 0 Å². The molecule has 0 saturated heterocycles. The van der Waals surface area contributed by atoms with Gasteiger partial charge in [-0.1, -0.05) is 0 Å². The van der Waals surface area contributed by atoms with Crippen LogP contribution in [0.15, 0.2) is 41.0 Å². The van der Waals surface area contributed by atoms with Crippen molar-refractivity contribution in [2.75, 3.05) is 0 Å². The fourth-order valence-electron chi connectivity index (χ4n) is 2.87. The van der Waals surface area contributed by atoms with Gasteiger partial charge in [0.05, 0.1) is 29.5 Å². The van der Waals surface area contributed by atoms with Crippen LogP contribution < -0.4 is 5.32 Å². The van der Waals surface area contributed by atoms with Crippen molar-refractivity contribution in [1.82, 2.24) is 10.2 Å². The number of rotatable bonds is 5. The average Bonchev–Trinajstić information content (AvgIpc) is 3.23. The van der Waals surface area contributed by atoms with E-state index in [2.05, 4.69) is 5.32 Å². The van der Waals surface area contributed by atoms with Gasteiger partial charge in [0.25, 0.3) is 17.7 Å². The maximum absolute atomic E-state index is 12.6. The second kappa shape index (κ2) is 7.54. The molecular formula is C21H22N2O6. The summed E-state index contributed by atoms with van der Waals surface area (Å²) < 4.78 is 10.4. The number of furan rings is 1. The Morgan fingerprint density at radius 2 is 1.83 bits per heavy atom. The number of benzene rings is 1. The smallest absolute Gasteiger partial charge is 0.338 e. The molecule has 3 amide bonds. The van der Waals surface area contributed by atoms with E-state index < -0.39 is 35.3 Å². The van der Waals surface area contributed by atoms with Gasteiger partial charge in [-0.2, -0.15) is 0 Å². The van der Waals surface area contributed by atoms with Crippen molar-refractivity contribution in [2.24, 2.45) is 0 Å². The highest BCUT2D eigenvalue weighted by molar-refractivity contribution is 6.21. The zero-order valence-electron chi connectivity index (χ0n) is 16.6. The van der Waals surface area contributed by atoms with Crippen LogP contribution in [0.5, 0.6) is 0 Å². The third-order valence-corrected chi connectivity index (χ3v) is 4.25. The van der Waals surface area contributed by atoms with Gasteiger partial charge in [-0.05, 0) is 58.0 Å². The lowest BCUT2D eigenvalue weighted by Crippen LogP contribution is -2.46. The van der Waals surface area contributed by atoms with Crippen LogP contribution in [0.4, 0.5) is 0 Å². The molecule has 2 aromatic rings. The first-order chi connectivity index (χ1) is 13.6. The minimum Gasteiger partial charge on any atom is -0.467 e. The molecule has 1 aromatic heterocycles. The second-order valence-electron chi connectivity index (χ2n) is 7.82. The van der Waals surface area contributed by atoms with Crippen molar-refractivity contribution in [3.8, 4) is 0 Å². The molecule has 1 aromatic carbocycles. The highest BCUT2D eigenvalue weighted by Crippen LogP contribution is 2.26. The number of ether oxygens (including phenoxy) is 1. The molecule has 0 aliphatic carbocycles. The number of hydrogen-bond acceptors (Lipinski definition) is 6. The lowest BCUT2D eigenvalue weighted by molar-refractivity contribution is -0.130. The van der Waals surface area contributed by atoms with Crippen LogP contribution >= 0.6 is 0 Å². The summed E-state index contributed by atoms with van der Waals surface area (Å²) in [5, 5.41) is 2.73. The molecule has 1 N–H and O–H groups in total. The van der Waals surface area contributed by atoms with E-state index in [-0.39, 0.29) is 23.2 Å². The number of carbonyl (C=O) groups is 4. The van der Waals surface area contributed by atoms with Gasteiger partial charge in [-0.3, -0.25) is 19.3 Å². The molecule has 2 heterocycles. The largest absolute Gasteiger partial charge is 0.467 e. The fraction of sp³-hybridized carbons (Fsp3) is 0.333. The summed E-state index contributed by atoms with van der Waals surface area (Å²) >= 11 is 0. The molecule has 1 atom stereocenters. The minimum absolute atomic E-state index is 0.00311. The first-order valence-electron chi connectivity index (χ1n) is 9.12. The predicted octanol–water partition coefficient (Wildman–Crippen LogP) is 2.54. The molecule has 0 fully saturated rings. The van der Waals surface area contributed by atoms with Gasteiger partial charge in [0.2, 0.25) is 0 Å². The van der Waals surface area contributed by atoms with Crippen LogP contribution in [0.1, 0.15) is 64.5 Å². The van der Waals surface area contributed by atoms with Crippen LogP contribution in [0, 0.1) is 0 Å². The van der Waals surface area contributed by atoms with Crippen LogP contribution in [0.2, 0.25) is 0 Å². The van der Waals surface area contributed by atoms with E-state index in [1.54, 1.807) is 12.1 Å². The summed E-state index contributed by atoms with van der Waals surface area (Å²) in [5.74, 6) is -1.69. The van der Waals surface area contributed by atoms with Crippen LogP contribution in [-0.4, -0.2) is 40.2 Å². The maximum Gasteiger partial charge on any atom is 0.338 e. The molecule has 8 nitrogen and oxygen atoms in total. The Bertz CT molecular complexity index is 972. The summed E-state index contributed by atoms with van der Waals surface area (Å²) in [6.07, 6.45) is 0.446. The van der Waals surface area contributed by atoms with Crippen molar-refractivity contribution in [2.45, 2.75) is 45.9 Å². The molecule has 152 valence electrons. The van der Waals surface area contributed by atoms with E-state index in [1.807, 2.05) is 20.8 Å². The molecule has 0 radical (unpaired) electrons. The summed E-state index contributed by atoms with van der Waals surface area (Å²) in [6.45, 7) is 6.92. The van der Waals surface area contributed by atoms with Crippen molar-refractivity contribution in [1.29, 1.82) is 0 Å². The number of amides is 3. The lowest BCUT2D eigenvalue weighted by atomic mass is 10.1. The van der Waals surface area contributed by atoms with E-state index in [9.17, 15) is 19.2 Å². The number of imide groups is 1. The molecule has 1 unspecified atom stereocenters. The quantitative estimate of drug-likeness (QED) is 0.613. The van der Waals surface area contributed by atoms with Gasteiger partial charge in [0.1, 0.15) is 5.76 Å². The zero-order chi connectivity index (χ0) is 21.3. The van der Waals surface area contributed by atoms with E-state index in [0.717, 1.165) is 4.90 Å². The van der Waals surface area contributed by atoms with E-state index in [4.69, 9.17) is 9.15 Å². The predicted molar refractivity (Wildman–Crippen MR) is 102 cm³/mol. The molecule has 0 bridgehead atoms. The molecule has 0 spiro atoms. The molecule has 1 aliphatic rings. The molecule has 8 heteroatoms. The summed E-state index contributed by atoms with van der Waals surface area (Å²) in [4.78, 5) is 50.7. The van der Waals surface area contributed by atoms with Crippen molar-refractivity contribution in [3.63, 3.8) is 0 Å². The number of nitrogens with zero attached hydrogens (tertiary/aromatic N) is 1. The van der Waals surface area contributed by atoms with Gasteiger partial charge < -0.3 is 14.5 Å². The SMILES string of the molecule is CC(OC(=O)c1ccc2c(c1)C(=O)N(Cc1ccco1)C2=O)C(=O)NC(C)(C)C. The van der Waals surface area contributed by atoms with Crippen molar-refractivity contribution < 1.29 is 28.3 Å². The van der Waals surface area contributed by atoms with Crippen LogP contribution in [0.25, 0.3) is 0 Å². The topological polar surface area (TPSA) is 106 Å². The average molecular weight is 398 g/mol. The standard InChI is InChI=1S/C21H22N2O6/c1-12(17(24)22-21(2,3)4)29-20(27)13-7-8-15-16(10-13)19(26)23(18(15)25)11-14-6-5-9-28-14/h5-10,12H,11H2,1-4H3,(H,22,24). The van der Waals surface area contributed by atoms with Gasteiger partial charge in [0.15, 0.2) is 6.10 Å². The lowest BCUT2D eigenvalue weighted by Gasteiger charge is -2.23. The highest BCUT2D eigenvalue weighted by atomic mass is 16.5. The molecule has 0 saturated carbocycles. The number of fused-ring (bicyclic) bond motifs is 1. The molecular weight excluding hydrogens is 376 g/mol. The summed E-state index contributed by atoms with van der Waals surface area (Å²) in [5.41, 5.74) is -0.0603. The number of hydrogen-bond donors (Lipinski definition) is 1. The molecule has 3 rings (SSSR count). The van der Waals surface area contributed by atoms with E-state index in [0.29, 0.717) is 5.76 Å². The number of esters is 1. The maximum atomic E-state index is 12.6. The van der Waals surface area contributed by atoms with Gasteiger partial charge >= 0.3 is 5.97 Å². The monoisotopic (exact) mass is 398 g/mol. The molecule has 1 aliphatic heterocycles. The Morgan fingerprint density at radius 3 is 2.45 bits per heavy atom. The molecule has 29 heavy (non-hydrogen) atoms. The first kappa shape index (κ1) is 20.3. The second-order valence-corrected chi connectivity index (χ2v) is 7.82. The Hall–Kier alpha value is -3.42.